The highest BCUT2D eigenvalue weighted by atomic mass is 32.2. The zero-order chi connectivity index (χ0) is 13.6. The molecule has 0 radical (unpaired) electrons. The summed E-state index contributed by atoms with van der Waals surface area (Å²) >= 11 is 1.99. The van der Waals surface area contributed by atoms with E-state index >= 15 is 0 Å². The molecule has 3 nitrogen and oxygen atoms in total. The van der Waals surface area contributed by atoms with Crippen LogP contribution in [-0.2, 0) is 9.53 Å². The molecular formula is C14H27NO2S. The third kappa shape index (κ3) is 5.61. The minimum Gasteiger partial charge on any atom is -0.468 e. The van der Waals surface area contributed by atoms with Gasteiger partial charge < -0.3 is 4.74 Å². The quantitative estimate of drug-likeness (QED) is 0.518. The van der Waals surface area contributed by atoms with Gasteiger partial charge in [-0.2, -0.15) is 11.8 Å². The molecule has 0 bridgehead atoms. The van der Waals surface area contributed by atoms with Gasteiger partial charge in [-0.15, -0.1) is 0 Å². The zero-order valence-corrected chi connectivity index (χ0v) is 12.9. The van der Waals surface area contributed by atoms with Crippen LogP contribution in [0.4, 0.5) is 0 Å². The van der Waals surface area contributed by atoms with E-state index in [0.29, 0.717) is 11.3 Å². The molecule has 4 heteroatoms. The smallest absolute Gasteiger partial charge is 0.325 e. The van der Waals surface area contributed by atoms with Crippen LogP contribution in [0.2, 0.25) is 0 Å². The maximum absolute atomic E-state index is 11.9. The summed E-state index contributed by atoms with van der Waals surface area (Å²) in [6, 6.07) is 0.527. The van der Waals surface area contributed by atoms with Crippen molar-refractivity contribution < 1.29 is 9.53 Å². The molecule has 0 heterocycles. The van der Waals surface area contributed by atoms with Crippen LogP contribution >= 0.6 is 11.8 Å². The average molecular weight is 273 g/mol. The summed E-state index contributed by atoms with van der Waals surface area (Å²) in [7, 11) is 1.48. The fraction of sp³-hybridized carbons (Fsp3) is 0.929. The van der Waals surface area contributed by atoms with Crippen molar-refractivity contribution >= 4 is 17.7 Å². The largest absolute Gasteiger partial charge is 0.468 e. The monoisotopic (exact) mass is 273 g/mol. The Labute approximate surface area is 115 Å². The molecule has 0 aromatic carbocycles. The van der Waals surface area contributed by atoms with Crippen LogP contribution in [0.25, 0.3) is 0 Å². The Kier molecular flexibility index (Phi) is 6.50. The van der Waals surface area contributed by atoms with Gasteiger partial charge in [0.05, 0.1) is 7.11 Å². The van der Waals surface area contributed by atoms with E-state index in [1.165, 1.54) is 32.1 Å². The molecule has 1 atom stereocenters. The molecule has 1 saturated carbocycles. The predicted octanol–water partition coefficient (Wildman–Crippen LogP) is 2.98. The van der Waals surface area contributed by atoms with Crippen LogP contribution in [0.1, 0.15) is 52.9 Å². The summed E-state index contributed by atoms with van der Waals surface area (Å²) in [6.45, 7) is 6.42. The molecule has 0 saturated heterocycles. The van der Waals surface area contributed by atoms with Gasteiger partial charge in [-0.3, -0.25) is 10.1 Å². The molecule has 1 aliphatic carbocycles. The van der Waals surface area contributed by atoms with E-state index in [0.717, 1.165) is 12.8 Å². The van der Waals surface area contributed by atoms with E-state index in [-0.39, 0.29) is 5.97 Å². The van der Waals surface area contributed by atoms with Crippen LogP contribution in [-0.4, -0.2) is 35.7 Å². The maximum Gasteiger partial charge on any atom is 0.325 e. The summed E-state index contributed by atoms with van der Waals surface area (Å²) in [5, 5.41) is 4.13. The van der Waals surface area contributed by atoms with Gasteiger partial charge in [0.25, 0.3) is 0 Å². The van der Waals surface area contributed by atoms with Gasteiger partial charge >= 0.3 is 5.97 Å². The molecule has 1 rings (SSSR count). The highest BCUT2D eigenvalue weighted by molar-refractivity contribution is 7.99. The number of carbonyl (C=O) groups excluding carboxylic acids is 1. The molecule has 0 amide bonds. The minimum atomic E-state index is -0.488. The lowest BCUT2D eigenvalue weighted by molar-refractivity contribution is -0.148. The topological polar surface area (TPSA) is 38.3 Å². The molecule has 0 spiro atoms. The van der Waals surface area contributed by atoms with Crippen molar-refractivity contribution in [1.29, 1.82) is 0 Å². The van der Waals surface area contributed by atoms with Crippen LogP contribution < -0.4 is 5.32 Å². The Bertz CT molecular complexity index is 267. The molecule has 0 aliphatic heterocycles. The summed E-state index contributed by atoms with van der Waals surface area (Å²) in [4.78, 5) is 11.9. The Morgan fingerprint density at radius 2 is 2.11 bits per heavy atom. The number of nitrogens with one attached hydrogen (secondary N) is 1. The van der Waals surface area contributed by atoms with Crippen molar-refractivity contribution in [3.8, 4) is 0 Å². The van der Waals surface area contributed by atoms with Crippen molar-refractivity contribution in [3.63, 3.8) is 0 Å². The van der Waals surface area contributed by atoms with Crippen LogP contribution in [0.3, 0.4) is 0 Å². The number of carbonyl (C=O) groups is 1. The fourth-order valence-corrected chi connectivity index (χ4v) is 2.88. The summed E-state index contributed by atoms with van der Waals surface area (Å²) < 4.78 is 4.93. The van der Waals surface area contributed by atoms with Crippen molar-refractivity contribution in [2.45, 2.75) is 69.7 Å². The summed E-state index contributed by atoms with van der Waals surface area (Å²) in [5.74, 6) is 1.06. The average Bonchev–Trinajstić information content (AvgIpc) is 3.10. The van der Waals surface area contributed by atoms with Crippen molar-refractivity contribution in [1.82, 2.24) is 5.32 Å². The third-order valence-corrected chi connectivity index (χ3v) is 4.45. The van der Waals surface area contributed by atoms with E-state index in [1.54, 1.807) is 0 Å². The van der Waals surface area contributed by atoms with Crippen LogP contribution in [0.5, 0.6) is 0 Å². The lowest BCUT2D eigenvalue weighted by Gasteiger charge is -2.28. The SMILES string of the molecule is COC(=O)C(C)(CCCCSC(C)C)NC1CC1. The molecule has 1 aliphatic rings. The Morgan fingerprint density at radius 3 is 2.61 bits per heavy atom. The third-order valence-electron chi connectivity index (χ3n) is 3.26. The summed E-state index contributed by atoms with van der Waals surface area (Å²) in [6.07, 6.45) is 5.49. The second-order valence-electron chi connectivity index (χ2n) is 5.62. The molecule has 106 valence electrons. The molecular weight excluding hydrogens is 246 g/mol. The second kappa shape index (κ2) is 7.39. The first kappa shape index (κ1) is 15.8. The number of hydrogen-bond donors (Lipinski definition) is 1. The number of ether oxygens (including phenoxy) is 1. The first-order chi connectivity index (χ1) is 8.48. The maximum atomic E-state index is 11.9. The normalized spacial score (nSPS) is 18.7. The molecule has 0 aromatic rings. The number of hydrogen-bond acceptors (Lipinski definition) is 4. The number of thioether (sulfide) groups is 1. The lowest BCUT2D eigenvalue weighted by Crippen LogP contribution is -2.51. The number of rotatable bonds is 9. The van der Waals surface area contributed by atoms with Gasteiger partial charge in [-0.25, -0.2) is 0 Å². The van der Waals surface area contributed by atoms with Crippen molar-refractivity contribution in [3.05, 3.63) is 0 Å². The molecule has 0 aromatic heterocycles. The first-order valence-corrected chi connectivity index (χ1v) is 8.00. The summed E-state index contributed by atoms with van der Waals surface area (Å²) in [5.41, 5.74) is -0.488. The van der Waals surface area contributed by atoms with Gasteiger partial charge in [0.15, 0.2) is 0 Å². The van der Waals surface area contributed by atoms with Gasteiger partial charge in [0, 0.05) is 6.04 Å². The van der Waals surface area contributed by atoms with Crippen molar-refractivity contribution in [2.75, 3.05) is 12.9 Å². The van der Waals surface area contributed by atoms with Gasteiger partial charge in [0.2, 0.25) is 0 Å². The number of esters is 1. The molecule has 1 N–H and O–H groups in total. The second-order valence-corrected chi connectivity index (χ2v) is 7.30. The van der Waals surface area contributed by atoms with Gasteiger partial charge in [-0.05, 0) is 43.6 Å². The molecule has 18 heavy (non-hydrogen) atoms. The number of unbranched alkanes of at least 4 members (excludes halogenated alkanes) is 1. The lowest BCUT2D eigenvalue weighted by atomic mass is 9.95. The zero-order valence-electron chi connectivity index (χ0n) is 12.1. The highest BCUT2D eigenvalue weighted by Gasteiger charge is 2.38. The van der Waals surface area contributed by atoms with E-state index in [4.69, 9.17) is 4.74 Å². The van der Waals surface area contributed by atoms with Gasteiger partial charge in [0.1, 0.15) is 5.54 Å². The number of methoxy groups -OCH3 is 1. The Morgan fingerprint density at radius 1 is 1.44 bits per heavy atom. The van der Waals surface area contributed by atoms with Crippen molar-refractivity contribution in [2.24, 2.45) is 0 Å². The highest BCUT2D eigenvalue weighted by Crippen LogP contribution is 2.26. The standard InChI is InChI=1S/C14H27NO2S/c1-11(2)18-10-6-5-9-14(3,13(16)17-4)15-12-7-8-12/h11-12,15H,5-10H2,1-4H3. The Balaban J connectivity index is 2.29. The molecule has 1 unspecified atom stereocenters. The Hall–Kier alpha value is -0.220. The van der Waals surface area contributed by atoms with E-state index < -0.39 is 5.54 Å². The van der Waals surface area contributed by atoms with Gasteiger partial charge in [-0.1, -0.05) is 20.3 Å². The molecule has 1 fully saturated rings. The fourth-order valence-electron chi connectivity index (χ4n) is 2.04. The van der Waals surface area contributed by atoms with Crippen LogP contribution in [0.15, 0.2) is 0 Å². The van der Waals surface area contributed by atoms with Crippen LogP contribution in [0, 0.1) is 0 Å². The van der Waals surface area contributed by atoms with E-state index in [2.05, 4.69) is 19.2 Å². The predicted molar refractivity (Wildman–Crippen MR) is 78.0 cm³/mol. The first-order valence-electron chi connectivity index (χ1n) is 6.95. The van der Waals surface area contributed by atoms with E-state index in [9.17, 15) is 4.79 Å². The van der Waals surface area contributed by atoms with E-state index in [1.807, 2.05) is 18.7 Å². The minimum absolute atomic E-state index is 0.120.